The van der Waals surface area contributed by atoms with Gasteiger partial charge in [-0.05, 0) is 17.7 Å². The van der Waals surface area contributed by atoms with E-state index in [0.29, 0.717) is 10.4 Å². The minimum absolute atomic E-state index is 0.0892. The monoisotopic (exact) mass is 393 g/mol. The molecule has 0 atom stereocenters. The number of ketones is 2. The second-order valence-corrected chi connectivity index (χ2v) is 7.26. The van der Waals surface area contributed by atoms with Gasteiger partial charge in [-0.25, -0.2) is 8.78 Å². The van der Waals surface area contributed by atoms with Gasteiger partial charge in [0.15, 0.2) is 33.6 Å². The number of oxazole rings is 1. The first-order valence-electron chi connectivity index (χ1n) is 8.27. The first kappa shape index (κ1) is 16.7. The Morgan fingerprint density at radius 3 is 2.18 bits per heavy atom. The van der Waals surface area contributed by atoms with Crippen molar-refractivity contribution in [1.82, 2.24) is 4.98 Å². The fraction of sp³-hybridized carbons (Fsp3) is 0. The summed E-state index contributed by atoms with van der Waals surface area (Å²) in [6.45, 7) is 0. The average molecular weight is 393 g/mol. The number of hydrogen-bond donors (Lipinski definition) is 0. The molecule has 0 radical (unpaired) electrons. The minimum atomic E-state index is -1.17. The van der Waals surface area contributed by atoms with E-state index in [1.54, 1.807) is 0 Å². The zero-order valence-corrected chi connectivity index (χ0v) is 14.8. The van der Waals surface area contributed by atoms with Crippen molar-refractivity contribution in [2.24, 2.45) is 0 Å². The highest BCUT2D eigenvalue weighted by molar-refractivity contribution is 7.21. The molecule has 0 bridgehead atoms. The minimum Gasteiger partial charge on any atom is -0.436 e. The van der Waals surface area contributed by atoms with E-state index in [2.05, 4.69) is 4.98 Å². The quantitative estimate of drug-likeness (QED) is 0.343. The van der Waals surface area contributed by atoms with Crippen molar-refractivity contribution in [2.75, 3.05) is 0 Å². The van der Waals surface area contributed by atoms with Crippen LogP contribution in [0.25, 0.3) is 26.9 Å². The van der Waals surface area contributed by atoms with Crippen LogP contribution in [-0.4, -0.2) is 16.6 Å². The number of nitrogens with zero attached hydrogens (tertiary/aromatic N) is 1. The third kappa shape index (κ3) is 2.51. The van der Waals surface area contributed by atoms with Gasteiger partial charge in [0.05, 0.1) is 5.57 Å². The van der Waals surface area contributed by atoms with E-state index in [-0.39, 0.29) is 22.6 Å². The number of rotatable bonds is 2. The first-order valence-corrected chi connectivity index (χ1v) is 9.09. The van der Waals surface area contributed by atoms with Crippen molar-refractivity contribution in [2.45, 2.75) is 0 Å². The van der Waals surface area contributed by atoms with Crippen LogP contribution >= 0.6 is 11.3 Å². The van der Waals surface area contributed by atoms with Crippen molar-refractivity contribution in [3.05, 3.63) is 82.8 Å². The van der Waals surface area contributed by atoms with Crippen LogP contribution in [0.15, 0.2) is 58.5 Å². The van der Waals surface area contributed by atoms with E-state index in [9.17, 15) is 18.4 Å². The maximum atomic E-state index is 13.4. The third-order valence-electron chi connectivity index (χ3n) is 4.47. The lowest BCUT2D eigenvalue weighted by Gasteiger charge is -1.96. The molecule has 0 aliphatic heterocycles. The van der Waals surface area contributed by atoms with E-state index in [0.717, 1.165) is 22.6 Å². The lowest BCUT2D eigenvalue weighted by atomic mass is 10.1. The number of carbonyl (C=O) groups excluding carboxylic acids is 2. The number of benzene rings is 2. The van der Waals surface area contributed by atoms with Crippen LogP contribution in [0.3, 0.4) is 0 Å². The summed E-state index contributed by atoms with van der Waals surface area (Å²) in [4.78, 5) is 30.8. The summed E-state index contributed by atoms with van der Waals surface area (Å²) in [5.74, 6) is -3.61. The van der Waals surface area contributed by atoms with Gasteiger partial charge in [-0.15, -0.1) is 11.3 Å². The zero-order valence-electron chi connectivity index (χ0n) is 14.0. The molecule has 0 unspecified atom stereocenters. The molecule has 2 aromatic heterocycles. The van der Waals surface area contributed by atoms with Crippen LogP contribution < -0.4 is 0 Å². The molecule has 2 aromatic carbocycles. The molecule has 0 N–H and O–H groups in total. The van der Waals surface area contributed by atoms with Gasteiger partial charge < -0.3 is 4.42 Å². The lowest BCUT2D eigenvalue weighted by molar-refractivity contribution is 0.0990. The summed E-state index contributed by atoms with van der Waals surface area (Å²) in [5.41, 5.74) is 1.02. The van der Waals surface area contributed by atoms with Crippen molar-refractivity contribution in [3.8, 4) is 10.4 Å². The highest BCUT2D eigenvalue weighted by Crippen LogP contribution is 2.35. The Kier molecular flexibility index (Phi) is 3.60. The van der Waals surface area contributed by atoms with Gasteiger partial charge in [-0.2, -0.15) is 4.98 Å². The molecule has 1 aliphatic rings. The Morgan fingerprint density at radius 2 is 1.57 bits per heavy atom. The molecule has 0 fully saturated rings. The predicted octanol–water partition coefficient (Wildman–Crippen LogP) is 5.30. The van der Waals surface area contributed by atoms with E-state index in [4.69, 9.17) is 4.42 Å². The Labute approximate surface area is 160 Å². The molecule has 4 aromatic rings. The summed E-state index contributed by atoms with van der Waals surface area (Å²) in [5, 5.41) is 0. The Hall–Kier alpha value is -3.45. The van der Waals surface area contributed by atoms with Crippen LogP contribution in [0.5, 0.6) is 0 Å². The summed E-state index contributed by atoms with van der Waals surface area (Å²) < 4.78 is 32.5. The predicted molar refractivity (Wildman–Crippen MR) is 100 cm³/mol. The summed E-state index contributed by atoms with van der Waals surface area (Å²) in [6, 6.07) is 13.1. The maximum Gasteiger partial charge on any atom is 0.221 e. The lowest BCUT2D eigenvalue weighted by Crippen LogP contribution is -2.00. The van der Waals surface area contributed by atoms with Gasteiger partial charge in [0.1, 0.15) is 0 Å². The second kappa shape index (κ2) is 6.03. The second-order valence-electron chi connectivity index (χ2n) is 6.23. The van der Waals surface area contributed by atoms with Crippen LogP contribution in [0.2, 0.25) is 0 Å². The van der Waals surface area contributed by atoms with E-state index in [1.807, 2.05) is 36.4 Å². The molecule has 28 heavy (non-hydrogen) atoms. The van der Waals surface area contributed by atoms with Gasteiger partial charge in [-0.1, -0.05) is 30.3 Å². The molecule has 0 saturated heterocycles. The third-order valence-corrected chi connectivity index (χ3v) is 5.53. The number of Topliss-reactive ketones (excluding diaryl/α,β-unsaturated/α-hetero) is 2. The molecule has 7 heteroatoms. The first-order chi connectivity index (χ1) is 13.5. The molecule has 1 aliphatic carbocycles. The van der Waals surface area contributed by atoms with Gasteiger partial charge in [0.2, 0.25) is 5.89 Å². The van der Waals surface area contributed by atoms with Crippen molar-refractivity contribution >= 4 is 39.4 Å². The van der Waals surface area contributed by atoms with E-state index >= 15 is 0 Å². The van der Waals surface area contributed by atoms with Gasteiger partial charge in [0.25, 0.3) is 0 Å². The van der Waals surface area contributed by atoms with E-state index in [1.165, 1.54) is 17.4 Å². The maximum absolute atomic E-state index is 13.4. The summed E-state index contributed by atoms with van der Waals surface area (Å²) in [6.07, 6.45) is 1.22. The molecular formula is C21H9F2NO3S. The smallest absolute Gasteiger partial charge is 0.221 e. The number of hydrogen-bond acceptors (Lipinski definition) is 5. The van der Waals surface area contributed by atoms with Crippen LogP contribution in [0.4, 0.5) is 8.78 Å². The topological polar surface area (TPSA) is 60.2 Å². The number of thiophene rings is 1. The average Bonchev–Trinajstić information content (AvgIpc) is 3.31. The molecule has 0 spiro atoms. The highest BCUT2D eigenvalue weighted by Gasteiger charge is 2.35. The van der Waals surface area contributed by atoms with Crippen molar-refractivity contribution < 1.29 is 22.8 Å². The van der Waals surface area contributed by atoms with Crippen LogP contribution in [-0.2, 0) is 0 Å². The van der Waals surface area contributed by atoms with Crippen molar-refractivity contribution in [3.63, 3.8) is 0 Å². The Morgan fingerprint density at radius 1 is 0.929 bits per heavy atom. The van der Waals surface area contributed by atoms with Gasteiger partial charge >= 0.3 is 0 Å². The highest BCUT2D eigenvalue weighted by atomic mass is 32.1. The Balaban J connectivity index is 1.53. The fourth-order valence-corrected chi connectivity index (χ4v) is 4.09. The zero-order chi connectivity index (χ0) is 19.4. The molecule has 4 nitrogen and oxygen atoms in total. The molecule has 136 valence electrons. The molecule has 2 heterocycles. The number of fused-ring (bicyclic) bond motifs is 2. The SMILES string of the molecule is O=C1C(=Cc2nc3sc(-c4ccccc4)cc3o2)C(=O)c2cc(F)c(F)cc21. The fourth-order valence-electron chi connectivity index (χ4n) is 3.13. The van der Waals surface area contributed by atoms with Crippen LogP contribution in [0.1, 0.15) is 26.6 Å². The van der Waals surface area contributed by atoms with E-state index < -0.39 is 23.2 Å². The molecule has 0 amide bonds. The molecular weight excluding hydrogens is 384 g/mol. The number of carbonyl (C=O) groups is 2. The summed E-state index contributed by atoms with van der Waals surface area (Å²) in [7, 11) is 0. The van der Waals surface area contributed by atoms with Crippen LogP contribution in [0, 0.1) is 11.6 Å². The Bertz CT molecular complexity index is 1240. The largest absolute Gasteiger partial charge is 0.436 e. The number of halogens is 2. The van der Waals surface area contributed by atoms with Gasteiger partial charge in [-0.3, -0.25) is 9.59 Å². The normalized spacial score (nSPS) is 13.4. The number of aromatic nitrogens is 1. The number of allylic oxidation sites excluding steroid dienone is 1. The molecule has 5 rings (SSSR count). The van der Waals surface area contributed by atoms with Crippen molar-refractivity contribution in [1.29, 1.82) is 0 Å². The van der Waals surface area contributed by atoms with Gasteiger partial charge in [0, 0.05) is 28.1 Å². The standard InChI is InChI=1S/C21H9F2NO3S/c22-14-6-11-12(7-15(14)23)20(26)13(19(11)25)8-18-24-21-16(27-18)9-17(28-21)10-4-2-1-3-5-10/h1-9H. The molecule has 0 saturated carbocycles. The summed E-state index contributed by atoms with van der Waals surface area (Å²) >= 11 is 1.42.